The molecule has 4 amide bonds. The lowest BCUT2D eigenvalue weighted by Crippen LogP contribution is -2.55. The van der Waals surface area contributed by atoms with Crippen molar-refractivity contribution in [3.8, 4) is 0 Å². The number of imide groups is 1. The standard InChI is InChI=1S/C24H23BrN4O4/c1-13-19-20(22(32)29(21(19)31)16-9-7-15(8-10-16)26-14(2)30)24(27-13)17-5-3-4-6-18(17)28(12-11-25)23(24)33/h3-10,13,19-20,27H,11-12H2,1-2H3,(H,26,30)/t13-,19+,20+,24+/m1/s1. The van der Waals surface area contributed by atoms with E-state index >= 15 is 0 Å². The molecule has 8 nitrogen and oxygen atoms in total. The molecule has 1 spiro atoms. The monoisotopic (exact) mass is 510 g/mol. The summed E-state index contributed by atoms with van der Waals surface area (Å²) < 4.78 is 0. The van der Waals surface area contributed by atoms with Crippen LogP contribution in [0.4, 0.5) is 17.1 Å². The number of fused-ring (bicyclic) bond motifs is 4. The van der Waals surface area contributed by atoms with Gasteiger partial charge in [0.1, 0.15) is 5.54 Å². The van der Waals surface area contributed by atoms with E-state index in [0.717, 1.165) is 11.3 Å². The second-order valence-corrected chi connectivity index (χ2v) is 9.44. The third-order valence-electron chi connectivity index (χ3n) is 6.77. The van der Waals surface area contributed by atoms with Gasteiger partial charge in [0.15, 0.2) is 0 Å². The number of amides is 4. The first-order valence-electron chi connectivity index (χ1n) is 10.8. The number of anilines is 3. The van der Waals surface area contributed by atoms with Gasteiger partial charge in [0.2, 0.25) is 17.7 Å². The molecule has 33 heavy (non-hydrogen) atoms. The molecule has 0 aliphatic carbocycles. The Morgan fingerprint density at radius 3 is 2.45 bits per heavy atom. The van der Waals surface area contributed by atoms with Gasteiger partial charge in [0.05, 0.1) is 17.5 Å². The minimum Gasteiger partial charge on any atom is -0.326 e. The molecule has 4 atom stereocenters. The minimum absolute atomic E-state index is 0.202. The molecule has 2 N–H and O–H groups in total. The Kier molecular flexibility index (Phi) is 5.13. The van der Waals surface area contributed by atoms with Crippen LogP contribution in [0, 0.1) is 11.8 Å². The molecule has 2 saturated heterocycles. The van der Waals surface area contributed by atoms with E-state index < -0.39 is 23.3 Å². The lowest BCUT2D eigenvalue weighted by molar-refractivity contribution is -0.132. The van der Waals surface area contributed by atoms with E-state index in [0.29, 0.717) is 23.2 Å². The van der Waals surface area contributed by atoms with Gasteiger partial charge < -0.3 is 10.2 Å². The van der Waals surface area contributed by atoms with Crippen LogP contribution in [-0.2, 0) is 24.7 Å². The number of hydrogen-bond donors (Lipinski definition) is 2. The average Bonchev–Trinajstić information content (AvgIpc) is 3.33. The molecule has 3 aliphatic rings. The van der Waals surface area contributed by atoms with Crippen LogP contribution in [0.25, 0.3) is 0 Å². The molecular weight excluding hydrogens is 488 g/mol. The predicted molar refractivity (Wildman–Crippen MR) is 127 cm³/mol. The Morgan fingerprint density at radius 2 is 1.79 bits per heavy atom. The number of carbonyl (C=O) groups is 4. The number of carbonyl (C=O) groups excluding carboxylic acids is 4. The van der Waals surface area contributed by atoms with Crippen LogP contribution in [0.1, 0.15) is 19.4 Å². The van der Waals surface area contributed by atoms with Gasteiger partial charge >= 0.3 is 0 Å². The first-order valence-corrected chi connectivity index (χ1v) is 11.9. The summed E-state index contributed by atoms with van der Waals surface area (Å²) >= 11 is 3.42. The van der Waals surface area contributed by atoms with Gasteiger partial charge in [-0.3, -0.25) is 24.5 Å². The van der Waals surface area contributed by atoms with Crippen molar-refractivity contribution in [2.24, 2.45) is 11.8 Å². The third-order valence-corrected chi connectivity index (χ3v) is 7.12. The maximum atomic E-state index is 13.8. The van der Waals surface area contributed by atoms with Gasteiger partial charge in [0, 0.05) is 41.8 Å². The summed E-state index contributed by atoms with van der Waals surface area (Å²) in [5.74, 6) is -2.63. The van der Waals surface area contributed by atoms with Gasteiger partial charge in [0.25, 0.3) is 5.91 Å². The van der Waals surface area contributed by atoms with Crippen molar-refractivity contribution in [1.29, 1.82) is 0 Å². The summed E-state index contributed by atoms with van der Waals surface area (Å²) in [6, 6.07) is 13.7. The molecule has 2 aromatic rings. The highest BCUT2D eigenvalue weighted by atomic mass is 79.9. The number of rotatable bonds is 4. The van der Waals surface area contributed by atoms with Crippen LogP contribution < -0.4 is 20.4 Å². The molecule has 0 radical (unpaired) electrons. The normalized spacial score (nSPS) is 28.0. The highest BCUT2D eigenvalue weighted by molar-refractivity contribution is 9.09. The first kappa shape index (κ1) is 21.8. The molecule has 0 aromatic heterocycles. The highest BCUT2D eigenvalue weighted by Crippen LogP contribution is 2.54. The van der Waals surface area contributed by atoms with E-state index in [1.807, 2.05) is 31.2 Å². The number of hydrogen-bond acceptors (Lipinski definition) is 5. The molecular formula is C24H23BrN4O4. The SMILES string of the molecule is CC(=O)Nc1ccc(N2C(=O)[C@@H]3[C@@H](C2=O)[C@]2(N[C@@H]3C)C(=O)N(CCBr)c3ccccc32)cc1. The Bertz CT molecular complexity index is 1180. The Hall–Kier alpha value is -3.04. The van der Waals surface area contributed by atoms with Crippen molar-refractivity contribution in [3.05, 3.63) is 54.1 Å². The van der Waals surface area contributed by atoms with E-state index in [-0.39, 0.29) is 23.8 Å². The Labute approximate surface area is 199 Å². The summed E-state index contributed by atoms with van der Waals surface area (Å²) in [5.41, 5.74) is 1.22. The summed E-state index contributed by atoms with van der Waals surface area (Å²) in [7, 11) is 0. The number of benzene rings is 2. The van der Waals surface area contributed by atoms with Gasteiger partial charge in [-0.05, 0) is 37.3 Å². The highest BCUT2D eigenvalue weighted by Gasteiger charge is 2.70. The fourth-order valence-corrected chi connectivity index (χ4v) is 5.92. The Balaban J connectivity index is 1.58. The van der Waals surface area contributed by atoms with Crippen LogP contribution in [0.3, 0.4) is 0 Å². The molecule has 2 aromatic carbocycles. The summed E-state index contributed by atoms with van der Waals surface area (Å²) in [6.45, 7) is 3.72. The van der Waals surface area contributed by atoms with Crippen LogP contribution in [-0.4, -0.2) is 41.5 Å². The maximum Gasteiger partial charge on any atom is 0.252 e. The van der Waals surface area contributed by atoms with E-state index in [1.165, 1.54) is 11.8 Å². The molecule has 170 valence electrons. The maximum absolute atomic E-state index is 13.8. The molecule has 0 unspecified atom stereocenters. The van der Waals surface area contributed by atoms with Gasteiger partial charge in [-0.25, -0.2) is 4.90 Å². The topological polar surface area (TPSA) is 98.8 Å². The smallest absolute Gasteiger partial charge is 0.252 e. The molecule has 9 heteroatoms. The summed E-state index contributed by atoms with van der Waals surface area (Å²) in [5, 5.41) is 6.63. The fourth-order valence-electron chi connectivity index (χ4n) is 5.57. The first-order chi connectivity index (χ1) is 15.8. The van der Waals surface area contributed by atoms with Crippen molar-refractivity contribution in [2.45, 2.75) is 25.4 Å². The van der Waals surface area contributed by atoms with Crippen LogP contribution in [0.2, 0.25) is 0 Å². The molecule has 5 rings (SSSR count). The summed E-state index contributed by atoms with van der Waals surface area (Å²) in [6.07, 6.45) is 0. The van der Waals surface area contributed by atoms with Crippen molar-refractivity contribution in [1.82, 2.24) is 5.32 Å². The second-order valence-electron chi connectivity index (χ2n) is 8.65. The number of nitrogens with zero attached hydrogens (tertiary/aromatic N) is 2. The molecule has 0 saturated carbocycles. The molecule has 2 fully saturated rings. The molecule has 0 bridgehead atoms. The van der Waals surface area contributed by atoms with Gasteiger partial charge in [-0.2, -0.15) is 0 Å². The predicted octanol–water partition coefficient (Wildman–Crippen LogP) is 2.38. The number of nitrogens with one attached hydrogen (secondary N) is 2. The van der Waals surface area contributed by atoms with E-state index in [1.54, 1.807) is 29.2 Å². The lowest BCUT2D eigenvalue weighted by atomic mass is 9.76. The molecule has 3 aliphatic heterocycles. The van der Waals surface area contributed by atoms with E-state index in [4.69, 9.17) is 0 Å². The largest absolute Gasteiger partial charge is 0.326 e. The second kappa shape index (κ2) is 7.78. The van der Waals surface area contributed by atoms with Crippen molar-refractivity contribution >= 4 is 56.6 Å². The van der Waals surface area contributed by atoms with Crippen LogP contribution >= 0.6 is 15.9 Å². The fraction of sp³-hybridized carbons (Fsp3) is 0.333. The average molecular weight is 511 g/mol. The Morgan fingerprint density at radius 1 is 1.09 bits per heavy atom. The van der Waals surface area contributed by atoms with Crippen molar-refractivity contribution in [3.63, 3.8) is 0 Å². The summed E-state index contributed by atoms with van der Waals surface area (Å²) in [4.78, 5) is 55.3. The van der Waals surface area contributed by atoms with Crippen LogP contribution in [0.5, 0.6) is 0 Å². The van der Waals surface area contributed by atoms with Crippen LogP contribution in [0.15, 0.2) is 48.5 Å². The van der Waals surface area contributed by atoms with Gasteiger partial charge in [-0.15, -0.1) is 0 Å². The zero-order valence-electron chi connectivity index (χ0n) is 18.2. The lowest BCUT2D eigenvalue weighted by Gasteiger charge is -2.30. The number of alkyl halides is 1. The van der Waals surface area contributed by atoms with Gasteiger partial charge in [-0.1, -0.05) is 34.1 Å². The molecule has 3 heterocycles. The minimum atomic E-state index is -1.28. The third kappa shape index (κ3) is 2.99. The van der Waals surface area contributed by atoms with E-state index in [2.05, 4.69) is 26.6 Å². The van der Waals surface area contributed by atoms with Crippen molar-refractivity contribution < 1.29 is 19.2 Å². The zero-order valence-corrected chi connectivity index (χ0v) is 19.8. The number of para-hydroxylation sites is 1. The van der Waals surface area contributed by atoms with Crippen molar-refractivity contribution in [2.75, 3.05) is 27.0 Å². The quantitative estimate of drug-likeness (QED) is 0.486. The van der Waals surface area contributed by atoms with E-state index in [9.17, 15) is 19.2 Å². The zero-order chi connectivity index (χ0) is 23.5. The number of halogens is 1.